The summed E-state index contributed by atoms with van der Waals surface area (Å²) in [5, 5.41) is 10.8. The summed E-state index contributed by atoms with van der Waals surface area (Å²) in [5.74, 6) is 2.66. The van der Waals surface area contributed by atoms with Crippen molar-refractivity contribution < 1.29 is 4.74 Å². The van der Waals surface area contributed by atoms with Crippen molar-refractivity contribution in [3.63, 3.8) is 0 Å². The summed E-state index contributed by atoms with van der Waals surface area (Å²) in [6.07, 6.45) is 7.44. The van der Waals surface area contributed by atoms with Crippen LogP contribution in [0.5, 0.6) is 0 Å². The van der Waals surface area contributed by atoms with E-state index in [2.05, 4.69) is 56.4 Å². The number of benzene rings is 1. The Morgan fingerprint density at radius 2 is 1.83 bits per heavy atom. The van der Waals surface area contributed by atoms with Crippen LogP contribution in [0.4, 0.5) is 11.6 Å². The summed E-state index contributed by atoms with van der Waals surface area (Å²) in [6.45, 7) is 10.4. The predicted octanol–water partition coefficient (Wildman–Crippen LogP) is 5.47. The van der Waals surface area contributed by atoms with Crippen molar-refractivity contribution in [3.8, 4) is 0 Å². The predicted molar refractivity (Wildman–Crippen MR) is 140 cm³/mol. The van der Waals surface area contributed by atoms with Crippen LogP contribution in [-0.2, 0) is 11.2 Å². The van der Waals surface area contributed by atoms with E-state index in [4.69, 9.17) is 16.3 Å². The van der Waals surface area contributed by atoms with Crippen molar-refractivity contribution in [1.29, 1.82) is 0 Å². The van der Waals surface area contributed by atoms with Gasteiger partial charge < -0.3 is 10.1 Å². The van der Waals surface area contributed by atoms with Crippen LogP contribution in [0, 0.1) is 20.8 Å². The fourth-order valence-electron chi connectivity index (χ4n) is 5.57. The largest absolute Gasteiger partial charge is 0.379 e. The third-order valence-corrected chi connectivity index (χ3v) is 7.79. The molecule has 3 heterocycles. The average molecular weight is 495 g/mol. The lowest BCUT2D eigenvalue weighted by Crippen LogP contribution is -2.44. The number of ether oxygens (including phenoxy) is 1. The molecule has 2 aliphatic rings. The van der Waals surface area contributed by atoms with Gasteiger partial charge in [-0.15, -0.1) is 0 Å². The monoisotopic (exact) mass is 494 g/mol. The lowest BCUT2D eigenvalue weighted by molar-refractivity contribution is 0.00728. The molecular weight excluding hydrogens is 460 g/mol. The van der Waals surface area contributed by atoms with Gasteiger partial charge in [-0.3, -0.25) is 10.00 Å². The van der Waals surface area contributed by atoms with Crippen LogP contribution in [0.25, 0.3) is 0 Å². The van der Waals surface area contributed by atoms with Gasteiger partial charge in [0.15, 0.2) is 11.6 Å². The Kier molecular flexibility index (Phi) is 7.37. The Morgan fingerprint density at radius 3 is 2.54 bits per heavy atom. The van der Waals surface area contributed by atoms with Crippen molar-refractivity contribution in [3.05, 3.63) is 63.2 Å². The Labute approximate surface area is 212 Å². The van der Waals surface area contributed by atoms with E-state index in [1.807, 2.05) is 13.0 Å². The first-order chi connectivity index (χ1) is 17.0. The number of anilines is 2. The van der Waals surface area contributed by atoms with Gasteiger partial charge in [-0.2, -0.15) is 5.10 Å². The number of nitrogens with zero attached hydrogens (tertiary/aromatic N) is 4. The molecule has 0 bridgehead atoms. The fourth-order valence-corrected chi connectivity index (χ4v) is 5.71. The van der Waals surface area contributed by atoms with Crippen molar-refractivity contribution in [2.75, 3.05) is 31.6 Å². The molecule has 2 fully saturated rings. The SMILES string of the molecule is Cc1cc(Nc2nc(Cc3cc(C)c(C4CCC(N5CCOCC5)CC4)cc3C)ncc2Cl)n[nH]1. The van der Waals surface area contributed by atoms with Crippen molar-refractivity contribution in [2.24, 2.45) is 0 Å². The third-order valence-electron chi connectivity index (χ3n) is 7.52. The zero-order valence-electron chi connectivity index (χ0n) is 20.9. The molecule has 8 heteroatoms. The smallest absolute Gasteiger partial charge is 0.154 e. The van der Waals surface area contributed by atoms with Gasteiger partial charge in [-0.1, -0.05) is 23.7 Å². The van der Waals surface area contributed by atoms with E-state index in [1.165, 1.54) is 47.9 Å². The van der Waals surface area contributed by atoms with Crippen LogP contribution < -0.4 is 5.32 Å². The number of H-pyrrole nitrogens is 1. The molecule has 0 radical (unpaired) electrons. The Bertz CT molecular complexity index is 1160. The summed E-state index contributed by atoms with van der Waals surface area (Å²) in [5.41, 5.74) is 6.42. The van der Waals surface area contributed by atoms with Crippen LogP contribution >= 0.6 is 11.6 Å². The minimum Gasteiger partial charge on any atom is -0.379 e. The summed E-state index contributed by atoms with van der Waals surface area (Å²) in [4.78, 5) is 11.8. The highest BCUT2D eigenvalue weighted by Gasteiger charge is 2.28. The van der Waals surface area contributed by atoms with Gasteiger partial charge in [0.25, 0.3) is 0 Å². The number of rotatable bonds is 6. The number of aryl methyl sites for hydroxylation is 3. The third kappa shape index (κ3) is 5.68. The molecule has 1 aromatic carbocycles. The van der Waals surface area contributed by atoms with Crippen LogP contribution in [0.3, 0.4) is 0 Å². The molecule has 1 saturated heterocycles. The molecule has 1 saturated carbocycles. The fraction of sp³-hybridized carbons (Fsp3) is 0.519. The maximum atomic E-state index is 6.34. The van der Waals surface area contributed by atoms with E-state index in [-0.39, 0.29) is 0 Å². The van der Waals surface area contributed by atoms with Crippen LogP contribution in [0.1, 0.15) is 65.4 Å². The standard InChI is InChI=1S/C27H35ClN6O/c1-17-13-23(20-4-6-22(7-5-20)34-8-10-35-11-9-34)18(2)12-21(17)15-25-29-16-24(28)27(30-25)31-26-14-19(3)32-33-26/h12-14,16,20,22H,4-11,15H2,1-3H3,(H2,29,30,31,32,33). The minimum atomic E-state index is 0.477. The quantitative estimate of drug-likeness (QED) is 0.473. The van der Waals surface area contributed by atoms with Crippen LogP contribution in [-0.4, -0.2) is 57.4 Å². The molecule has 2 aromatic heterocycles. The van der Waals surface area contributed by atoms with E-state index >= 15 is 0 Å². The van der Waals surface area contributed by atoms with Gasteiger partial charge in [0.2, 0.25) is 0 Å². The zero-order valence-corrected chi connectivity index (χ0v) is 21.7. The molecule has 3 aromatic rings. The highest BCUT2D eigenvalue weighted by Crippen LogP contribution is 2.37. The molecule has 0 unspecified atom stereocenters. The van der Waals surface area contributed by atoms with Crippen LogP contribution in [0.15, 0.2) is 24.4 Å². The normalized spacial score (nSPS) is 21.3. The maximum Gasteiger partial charge on any atom is 0.154 e. The van der Waals surface area contributed by atoms with Gasteiger partial charge >= 0.3 is 0 Å². The van der Waals surface area contributed by atoms with Gasteiger partial charge in [0.1, 0.15) is 10.8 Å². The first-order valence-electron chi connectivity index (χ1n) is 12.7. The molecule has 186 valence electrons. The summed E-state index contributed by atoms with van der Waals surface area (Å²) < 4.78 is 5.54. The highest BCUT2D eigenvalue weighted by molar-refractivity contribution is 6.32. The van der Waals surface area contributed by atoms with Crippen molar-refractivity contribution in [2.45, 2.75) is 64.8 Å². The van der Waals surface area contributed by atoms with E-state index in [0.29, 0.717) is 29.0 Å². The molecule has 1 aliphatic heterocycles. The van der Waals surface area contributed by atoms with E-state index in [0.717, 1.165) is 43.9 Å². The number of hydrogen-bond donors (Lipinski definition) is 2. The lowest BCUT2D eigenvalue weighted by atomic mass is 9.78. The summed E-state index contributed by atoms with van der Waals surface area (Å²) in [6, 6.07) is 7.39. The molecule has 7 nitrogen and oxygen atoms in total. The highest BCUT2D eigenvalue weighted by atomic mass is 35.5. The second-order valence-corrected chi connectivity index (χ2v) is 10.4. The van der Waals surface area contributed by atoms with E-state index < -0.39 is 0 Å². The molecule has 2 N–H and O–H groups in total. The van der Waals surface area contributed by atoms with Gasteiger partial charge in [0, 0.05) is 37.3 Å². The summed E-state index contributed by atoms with van der Waals surface area (Å²) in [7, 11) is 0. The van der Waals surface area contributed by atoms with Crippen molar-refractivity contribution in [1.82, 2.24) is 25.1 Å². The molecule has 5 rings (SSSR count). The average Bonchev–Trinajstić information content (AvgIpc) is 3.28. The van der Waals surface area contributed by atoms with E-state index in [1.54, 1.807) is 6.20 Å². The van der Waals surface area contributed by atoms with Gasteiger partial charge in [-0.05, 0) is 74.6 Å². The topological polar surface area (TPSA) is 79.0 Å². The molecular formula is C27H35ClN6O. The number of nitrogens with one attached hydrogen (secondary N) is 2. The maximum absolute atomic E-state index is 6.34. The Hall–Kier alpha value is -2.48. The molecule has 35 heavy (non-hydrogen) atoms. The lowest BCUT2D eigenvalue weighted by Gasteiger charge is -2.39. The molecule has 1 aliphatic carbocycles. The van der Waals surface area contributed by atoms with Crippen molar-refractivity contribution >= 4 is 23.2 Å². The molecule has 0 spiro atoms. The van der Waals surface area contributed by atoms with Gasteiger partial charge in [-0.25, -0.2) is 9.97 Å². The Balaban J connectivity index is 1.26. The number of morpholine rings is 1. The number of aromatic nitrogens is 4. The Morgan fingerprint density at radius 1 is 1.06 bits per heavy atom. The first kappa shape index (κ1) is 24.2. The number of hydrogen-bond acceptors (Lipinski definition) is 6. The minimum absolute atomic E-state index is 0.477. The molecule has 0 amide bonds. The zero-order chi connectivity index (χ0) is 24.4. The second kappa shape index (κ2) is 10.6. The van der Waals surface area contributed by atoms with Crippen LogP contribution in [0.2, 0.25) is 5.02 Å². The summed E-state index contributed by atoms with van der Waals surface area (Å²) >= 11 is 6.34. The second-order valence-electron chi connectivity index (χ2n) is 10.0. The number of halogens is 1. The van der Waals surface area contributed by atoms with E-state index in [9.17, 15) is 0 Å². The number of aromatic amines is 1. The van der Waals surface area contributed by atoms with Gasteiger partial charge in [0.05, 0.1) is 19.4 Å². The first-order valence-corrected chi connectivity index (χ1v) is 13.1. The molecule has 0 atom stereocenters.